The molecule has 1 atom stereocenters. The van der Waals surface area contributed by atoms with Crippen molar-refractivity contribution in [3.8, 4) is 17.6 Å². The molecule has 2 N–H and O–H groups in total. The molecule has 0 bridgehead atoms. The molecular weight excluding hydrogens is 420 g/mol. The zero-order valence-electron chi connectivity index (χ0n) is 19.1. The molecule has 0 aromatic heterocycles. The summed E-state index contributed by atoms with van der Waals surface area (Å²) in [6.07, 6.45) is 1.63. The Kier molecular flexibility index (Phi) is 7.98. The lowest BCUT2D eigenvalue weighted by atomic mass is 9.83. The van der Waals surface area contributed by atoms with Crippen molar-refractivity contribution in [1.82, 2.24) is 0 Å². The molecule has 1 aliphatic rings. The van der Waals surface area contributed by atoms with E-state index in [0.717, 1.165) is 18.4 Å². The van der Waals surface area contributed by atoms with Crippen LogP contribution in [0.5, 0.6) is 11.5 Å². The molecule has 0 unspecified atom stereocenters. The summed E-state index contributed by atoms with van der Waals surface area (Å²) in [6, 6.07) is 17.1. The first kappa shape index (κ1) is 23.7. The van der Waals surface area contributed by atoms with Gasteiger partial charge in [0.15, 0.2) is 11.5 Å². The van der Waals surface area contributed by atoms with E-state index in [1.807, 2.05) is 37.3 Å². The van der Waals surface area contributed by atoms with Crippen LogP contribution < -0.4 is 15.2 Å². The van der Waals surface area contributed by atoms with Crippen LogP contribution in [0.15, 0.2) is 71.3 Å². The Balaban J connectivity index is 1.99. The highest BCUT2D eigenvalue weighted by atomic mass is 16.5. The van der Waals surface area contributed by atoms with Gasteiger partial charge in [0.05, 0.1) is 25.2 Å². The molecule has 0 amide bonds. The van der Waals surface area contributed by atoms with Crippen molar-refractivity contribution in [2.45, 2.75) is 39.2 Å². The van der Waals surface area contributed by atoms with E-state index in [-0.39, 0.29) is 23.6 Å². The van der Waals surface area contributed by atoms with E-state index in [9.17, 15) is 10.1 Å². The average Bonchev–Trinajstić information content (AvgIpc) is 2.82. The average molecular weight is 449 g/mol. The number of esters is 1. The molecule has 0 saturated carbocycles. The van der Waals surface area contributed by atoms with Crippen molar-refractivity contribution in [3.63, 3.8) is 0 Å². The predicted octanol–water partition coefficient (Wildman–Crippen LogP) is 4.70. The molecule has 0 aliphatic carbocycles. The maximum absolute atomic E-state index is 13.0. The molecule has 2 aromatic carbocycles. The number of allylic oxidation sites excluding steroid dienone is 2. The molecule has 7 heteroatoms. The van der Waals surface area contributed by atoms with E-state index >= 15 is 0 Å². The summed E-state index contributed by atoms with van der Waals surface area (Å²) < 4.78 is 22.4. The van der Waals surface area contributed by atoms with E-state index in [1.54, 1.807) is 32.2 Å². The first-order valence-electron chi connectivity index (χ1n) is 10.8. The molecule has 33 heavy (non-hydrogen) atoms. The van der Waals surface area contributed by atoms with Crippen LogP contribution in [0.3, 0.4) is 0 Å². The number of rotatable bonds is 9. The van der Waals surface area contributed by atoms with Gasteiger partial charge in [0, 0.05) is 0 Å². The Morgan fingerprint density at radius 1 is 1.18 bits per heavy atom. The minimum Gasteiger partial charge on any atom is -0.493 e. The molecule has 1 aliphatic heterocycles. The Morgan fingerprint density at radius 3 is 2.61 bits per heavy atom. The van der Waals surface area contributed by atoms with Gasteiger partial charge in [-0.3, -0.25) is 0 Å². The lowest BCUT2D eigenvalue weighted by molar-refractivity contribution is -0.139. The number of carbonyl (C=O) groups excluding carboxylic acids is 1. The number of nitrogens with zero attached hydrogens (tertiary/aromatic N) is 1. The normalized spacial score (nSPS) is 15.5. The van der Waals surface area contributed by atoms with Gasteiger partial charge >= 0.3 is 5.97 Å². The number of hydrogen-bond donors (Lipinski definition) is 1. The Labute approximate surface area is 194 Å². The largest absolute Gasteiger partial charge is 0.493 e. The Hall–Kier alpha value is -3.92. The minimum absolute atomic E-state index is 0.0346. The van der Waals surface area contributed by atoms with Gasteiger partial charge in [-0.2, -0.15) is 5.26 Å². The highest BCUT2D eigenvalue weighted by Crippen LogP contribution is 2.42. The third-order valence-corrected chi connectivity index (χ3v) is 5.31. The zero-order valence-corrected chi connectivity index (χ0v) is 19.1. The topological polar surface area (TPSA) is 104 Å². The molecule has 3 rings (SSSR count). The maximum atomic E-state index is 13.0. The highest BCUT2D eigenvalue weighted by Gasteiger charge is 2.36. The van der Waals surface area contributed by atoms with Crippen LogP contribution in [0.2, 0.25) is 0 Å². The monoisotopic (exact) mass is 448 g/mol. The van der Waals surface area contributed by atoms with Gasteiger partial charge in [0.25, 0.3) is 0 Å². The van der Waals surface area contributed by atoms with Crippen molar-refractivity contribution in [2.24, 2.45) is 5.73 Å². The third kappa shape index (κ3) is 5.47. The number of hydrogen-bond acceptors (Lipinski definition) is 7. The lowest BCUT2D eigenvalue weighted by Crippen LogP contribution is -2.25. The van der Waals surface area contributed by atoms with Crippen LogP contribution in [-0.4, -0.2) is 19.7 Å². The second-order valence-corrected chi connectivity index (χ2v) is 7.57. The van der Waals surface area contributed by atoms with E-state index in [1.165, 1.54) is 0 Å². The van der Waals surface area contributed by atoms with Gasteiger partial charge < -0.3 is 24.7 Å². The van der Waals surface area contributed by atoms with Gasteiger partial charge in [0.2, 0.25) is 5.88 Å². The number of carbonyl (C=O) groups is 1. The summed E-state index contributed by atoms with van der Waals surface area (Å²) in [4.78, 5) is 13.0. The van der Waals surface area contributed by atoms with Gasteiger partial charge in [-0.1, -0.05) is 49.7 Å². The van der Waals surface area contributed by atoms with Crippen molar-refractivity contribution < 1.29 is 23.7 Å². The van der Waals surface area contributed by atoms with Crippen molar-refractivity contribution in [2.75, 3.05) is 13.7 Å². The molecule has 0 saturated heterocycles. The third-order valence-electron chi connectivity index (χ3n) is 5.31. The smallest absolute Gasteiger partial charge is 0.338 e. The number of benzene rings is 2. The fourth-order valence-electron chi connectivity index (χ4n) is 3.59. The molecule has 0 radical (unpaired) electrons. The van der Waals surface area contributed by atoms with E-state index < -0.39 is 11.9 Å². The summed E-state index contributed by atoms with van der Waals surface area (Å²) in [6.45, 7) is 4.27. The number of ether oxygens (including phenoxy) is 4. The number of nitrogens with two attached hydrogens (primary N) is 1. The van der Waals surface area contributed by atoms with Gasteiger partial charge in [0.1, 0.15) is 24.0 Å². The predicted molar refractivity (Wildman–Crippen MR) is 123 cm³/mol. The number of methoxy groups -OCH3 is 1. The number of nitriles is 1. The van der Waals surface area contributed by atoms with E-state index in [2.05, 4.69) is 6.07 Å². The van der Waals surface area contributed by atoms with Crippen LogP contribution in [-0.2, 0) is 20.9 Å². The van der Waals surface area contributed by atoms with Crippen LogP contribution in [0.4, 0.5) is 0 Å². The van der Waals surface area contributed by atoms with Crippen molar-refractivity contribution in [1.29, 1.82) is 5.26 Å². The number of unbranched alkanes of at least 4 members (excludes halogenated alkanes) is 1. The van der Waals surface area contributed by atoms with Crippen molar-refractivity contribution >= 4 is 5.97 Å². The summed E-state index contributed by atoms with van der Waals surface area (Å²) >= 11 is 0. The summed E-state index contributed by atoms with van der Waals surface area (Å²) in [5.41, 5.74) is 8.04. The second-order valence-electron chi connectivity index (χ2n) is 7.57. The molecule has 172 valence electrons. The maximum Gasteiger partial charge on any atom is 0.338 e. The summed E-state index contributed by atoms with van der Waals surface area (Å²) in [5, 5.41) is 9.82. The molecule has 1 heterocycles. The van der Waals surface area contributed by atoms with Gasteiger partial charge in [-0.15, -0.1) is 0 Å². The van der Waals surface area contributed by atoms with E-state index in [4.69, 9.17) is 24.7 Å². The summed E-state index contributed by atoms with van der Waals surface area (Å²) in [5.74, 6) is 0.00686. The zero-order chi connectivity index (χ0) is 23.8. The molecule has 0 fully saturated rings. The Morgan fingerprint density at radius 2 is 1.94 bits per heavy atom. The highest BCUT2D eigenvalue weighted by molar-refractivity contribution is 5.92. The molecule has 0 spiro atoms. The van der Waals surface area contributed by atoms with Crippen LogP contribution in [0, 0.1) is 11.3 Å². The minimum atomic E-state index is -0.747. The van der Waals surface area contributed by atoms with E-state index in [0.29, 0.717) is 29.4 Å². The van der Waals surface area contributed by atoms with Gasteiger partial charge in [-0.05, 0) is 36.6 Å². The molecule has 7 nitrogen and oxygen atoms in total. The lowest BCUT2D eigenvalue weighted by Gasteiger charge is -2.27. The summed E-state index contributed by atoms with van der Waals surface area (Å²) in [7, 11) is 1.55. The molecular formula is C26H28N2O5. The van der Waals surface area contributed by atoms with Crippen LogP contribution in [0.25, 0.3) is 0 Å². The fourth-order valence-corrected chi connectivity index (χ4v) is 3.59. The van der Waals surface area contributed by atoms with Crippen LogP contribution in [0.1, 0.15) is 43.7 Å². The first-order valence-corrected chi connectivity index (χ1v) is 10.8. The van der Waals surface area contributed by atoms with Crippen molar-refractivity contribution in [3.05, 3.63) is 82.4 Å². The second kappa shape index (κ2) is 11.1. The SMILES string of the molecule is CCCCOC(=O)C1=C(C)OC(N)=C(C#N)[C@H]1c1ccc(OC)c(OCc2ccccc2)c1. The first-order chi connectivity index (χ1) is 16.0. The fraction of sp³-hybridized carbons (Fsp3) is 0.308. The quantitative estimate of drug-likeness (QED) is 0.438. The standard InChI is InChI=1S/C26H28N2O5/c1-4-5-13-31-26(29)23-17(2)33-25(28)20(15-27)24(23)19-11-12-21(30-3)22(14-19)32-16-18-9-7-6-8-10-18/h6-12,14,24H,4-5,13,16,28H2,1-3H3/t24-/m1/s1. The molecule has 2 aromatic rings. The Bertz CT molecular complexity index is 1100. The van der Waals surface area contributed by atoms with Gasteiger partial charge in [-0.25, -0.2) is 4.79 Å². The van der Waals surface area contributed by atoms with Crippen LogP contribution >= 0.6 is 0 Å².